The molecule has 0 aliphatic heterocycles. The van der Waals surface area contributed by atoms with Gasteiger partial charge in [0.1, 0.15) is 16.7 Å². The molecule has 1 aromatic heterocycles. The van der Waals surface area contributed by atoms with Crippen molar-refractivity contribution in [2.24, 2.45) is 0 Å². The third-order valence-electron chi connectivity index (χ3n) is 2.74. The molecular weight excluding hydrogens is 295 g/mol. The lowest BCUT2D eigenvalue weighted by molar-refractivity contribution is 0.102. The molecule has 2 aromatic rings. The largest absolute Gasteiger partial charge is 0.492 e. The number of anilines is 1. The number of ether oxygens (including phenoxy) is 1. The molecule has 1 amide bonds. The first-order chi connectivity index (χ1) is 10.0. The number of nitrogens with one attached hydrogen (secondary N) is 1. The Kier molecular flexibility index (Phi) is 4.75. The van der Waals surface area contributed by atoms with Crippen molar-refractivity contribution in [1.82, 2.24) is 4.98 Å². The Labute approximate surface area is 126 Å². The van der Waals surface area contributed by atoms with Gasteiger partial charge >= 0.3 is 0 Å². The molecule has 0 bridgehead atoms. The Morgan fingerprint density at radius 2 is 2.19 bits per heavy atom. The van der Waals surface area contributed by atoms with Crippen molar-refractivity contribution >= 4 is 23.2 Å². The van der Waals surface area contributed by atoms with Crippen LogP contribution < -0.4 is 10.1 Å². The van der Waals surface area contributed by atoms with Crippen LogP contribution in [0.25, 0.3) is 0 Å². The number of hydrogen-bond donors (Lipinski definition) is 1. The Bertz CT molecular complexity index is 677. The number of rotatable bonds is 4. The maximum atomic E-state index is 13.2. The average molecular weight is 309 g/mol. The van der Waals surface area contributed by atoms with Gasteiger partial charge in [-0.3, -0.25) is 4.79 Å². The zero-order valence-corrected chi connectivity index (χ0v) is 12.4. The monoisotopic (exact) mass is 308 g/mol. The maximum absolute atomic E-state index is 13.2. The molecule has 1 aromatic carbocycles. The van der Waals surface area contributed by atoms with Crippen molar-refractivity contribution < 1.29 is 13.9 Å². The van der Waals surface area contributed by atoms with E-state index < -0.39 is 11.7 Å². The Morgan fingerprint density at radius 3 is 2.90 bits per heavy atom. The number of carbonyl (C=O) groups is 1. The van der Waals surface area contributed by atoms with Gasteiger partial charge in [-0.25, -0.2) is 9.37 Å². The lowest BCUT2D eigenvalue weighted by Crippen LogP contribution is -2.14. The highest BCUT2D eigenvalue weighted by Gasteiger charge is 2.15. The van der Waals surface area contributed by atoms with Crippen molar-refractivity contribution in [2.75, 3.05) is 11.9 Å². The molecule has 0 atom stereocenters. The second-order valence-electron chi connectivity index (χ2n) is 4.38. The van der Waals surface area contributed by atoms with Gasteiger partial charge < -0.3 is 10.1 Å². The van der Waals surface area contributed by atoms with Crippen molar-refractivity contribution in [3.8, 4) is 5.75 Å². The summed E-state index contributed by atoms with van der Waals surface area (Å²) in [4.78, 5) is 15.8. The molecule has 0 fully saturated rings. The third-order valence-corrected chi connectivity index (χ3v) is 3.04. The Hall–Kier alpha value is -2.14. The fourth-order valence-corrected chi connectivity index (χ4v) is 1.97. The van der Waals surface area contributed by atoms with E-state index in [4.69, 9.17) is 16.3 Å². The van der Waals surface area contributed by atoms with Crippen LogP contribution in [0.2, 0.25) is 5.15 Å². The highest BCUT2D eigenvalue weighted by molar-refractivity contribution is 6.33. The molecule has 0 saturated carbocycles. The molecule has 0 saturated heterocycles. The lowest BCUT2D eigenvalue weighted by Gasteiger charge is -2.12. The highest BCUT2D eigenvalue weighted by atomic mass is 35.5. The summed E-state index contributed by atoms with van der Waals surface area (Å²) in [7, 11) is 0. The van der Waals surface area contributed by atoms with E-state index >= 15 is 0 Å². The fraction of sp³-hybridized carbons (Fsp3) is 0.200. The second kappa shape index (κ2) is 6.54. The number of nitrogens with zero attached hydrogens (tertiary/aromatic N) is 1. The first-order valence-corrected chi connectivity index (χ1v) is 6.75. The minimum Gasteiger partial charge on any atom is -0.492 e. The van der Waals surface area contributed by atoms with Gasteiger partial charge in [-0.05, 0) is 37.6 Å². The van der Waals surface area contributed by atoms with Gasteiger partial charge in [0.25, 0.3) is 5.91 Å². The lowest BCUT2D eigenvalue weighted by atomic mass is 10.2. The predicted octanol–water partition coefficient (Wildman–Crippen LogP) is 3.83. The number of pyridine rings is 1. The number of halogens is 2. The molecule has 4 nitrogen and oxygen atoms in total. The second-order valence-corrected chi connectivity index (χ2v) is 4.74. The summed E-state index contributed by atoms with van der Waals surface area (Å²) >= 11 is 5.81. The number of benzene rings is 1. The van der Waals surface area contributed by atoms with E-state index in [1.165, 1.54) is 0 Å². The summed E-state index contributed by atoms with van der Waals surface area (Å²) in [6.45, 7) is 4.23. The number of carbonyl (C=O) groups excluding carboxylic acids is 1. The van der Waals surface area contributed by atoms with Gasteiger partial charge in [-0.15, -0.1) is 0 Å². The summed E-state index contributed by atoms with van der Waals surface area (Å²) in [6, 6.07) is 6.41. The minimum atomic E-state index is -0.626. The van der Waals surface area contributed by atoms with Crippen LogP contribution in [0, 0.1) is 12.7 Å². The number of hydrogen-bond acceptors (Lipinski definition) is 3. The van der Waals surface area contributed by atoms with Crippen LogP contribution in [-0.4, -0.2) is 17.5 Å². The minimum absolute atomic E-state index is 0.0281. The molecule has 2 rings (SSSR count). The molecule has 6 heteroatoms. The van der Waals surface area contributed by atoms with Crippen LogP contribution in [0.3, 0.4) is 0 Å². The smallest absolute Gasteiger partial charge is 0.259 e. The van der Waals surface area contributed by atoms with E-state index in [2.05, 4.69) is 10.3 Å². The SMILES string of the molecule is CCOc1cc(C)ccc1NC(=O)c1cc(F)cnc1Cl. The summed E-state index contributed by atoms with van der Waals surface area (Å²) in [5.41, 5.74) is 1.47. The van der Waals surface area contributed by atoms with Gasteiger partial charge in [0.05, 0.1) is 24.1 Å². The van der Waals surface area contributed by atoms with Crippen LogP contribution in [0.1, 0.15) is 22.8 Å². The summed E-state index contributed by atoms with van der Waals surface area (Å²) < 4.78 is 18.6. The number of aromatic nitrogens is 1. The topological polar surface area (TPSA) is 51.2 Å². The predicted molar refractivity (Wildman–Crippen MR) is 79.5 cm³/mol. The standard InChI is InChI=1S/C15H14ClFN2O2/c1-3-21-13-6-9(2)4-5-12(13)19-15(20)11-7-10(17)8-18-14(11)16/h4-8H,3H2,1-2H3,(H,19,20). The molecule has 0 aliphatic rings. The van der Waals surface area contributed by atoms with Gasteiger partial charge in [0.2, 0.25) is 0 Å². The zero-order valence-electron chi connectivity index (χ0n) is 11.6. The average Bonchev–Trinajstić information content (AvgIpc) is 2.44. The van der Waals surface area contributed by atoms with Crippen LogP contribution in [0.4, 0.5) is 10.1 Å². The molecule has 0 aliphatic carbocycles. The van der Waals surface area contributed by atoms with Crippen LogP contribution in [-0.2, 0) is 0 Å². The van der Waals surface area contributed by atoms with Crippen molar-refractivity contribution in [2.45, 2.75) is 13.8 Å². The fourth-order valence-electron chi connectivity index (χ4n) is 1.78. The molecule has 1 heterocycles. The number of aryl methyl sites for hydroxylation is 1. The van der Waals surface area contributed by atoms with E-state index in [0.717, 1.165) is 17.8 Å². The van der Waals surface area contributed by atoms with Crippen molar-refractivity contribution in [3.05, 3.63) is 52.6 Å². The normalized spacial score (nSPS) is 10.3. The van der Waals surface area contributed by atoms with E-state index in [1.54, 1.807) is 6.07 Å². The summed E-state index contributed by atoms with van der Waals surface area (Å²) in [5.74, 6) is -0.623. The van der Waals surface area contributed by atoms with Gasteiger partial charge in [-0.1, -0.05) is 17.7 Å². The summed E-state index contributed by atoms with van der Waals surface area (Å²) in [5, 5.41) is 2.60. The van der Waals surface area contributed by atoms with Gasteiger partial charge in [-0.2, -0.15) is 0 Å². The van der Waals surface area contributed by atoms with E-state index in [-0.39, 0.29) is 10.7 Å². The highest BCUT2D eigenvalue weighted by Crippen LogP contribution is 2.27. The Balaban J connectivity index is 2.29. The van der Waals surface area contributed by atoms with Crippen LogP contribution in [0.5, 0.6) is 5.75 Å². The third kappa shape index (κ3) is 3.70. The molecule has 0 radical (unpaired) electrons. The van der Waals surface area contributed by atoms with Crippen molar-refractivity contribution in [3.63, 3.8) is 0 Å². The van der Waals surface area contributed by atoms with Crippen molar-refractivity contribution in [1.29, 1.82) is 0 Å². The Morgan fingerprint density at radius 1 is 1.43 bits per heavy atom. The molecule has 1 N–H and O–H groups in total. The molecule has 0 spiro atoms. The van der Waals surface area contributed by atoms with E-state index in [1.807, 2.05) is 26.0 Å². The molecule has 21 heavy (non-hydrogen) atoms. The quantitative estimate of drug-likeness (QED) is 0.873. The van der Waals surface area contributed by atoms with E-state index in [0.29, 0.717) is 18.0 Å². The first-order valence-electron chi connectivity index (χ1n) is 6.37. The maximum Gasteiger partial charge on any atom is 0.259 e. The summed E-state index contributed by atoms with van der Waals surface area (Å²) in [6.07, 6.45) is 0.955. The zero-order chi connectivity index (χ0) is 15.4. The number of amides is 1. The molecular formula is C15H14ClFN2O2. The van der Waals surface area contributed by atoms with Gasteiger partial charge in [0, 0.05) is 0 Å². The van der Waals surface area contributed by atoms with Crippen LogP contribution >= 0.6 is 11.6 Å². The molecule has 110 valence electrons. The van der Waals surface area contributed by atoms with Gasteiger partial charge in [0.15, 0.2) is 0 Å². The first kappa shape index (κ1) is 15.3. The van der Waals surface area contributed by atoms with Crippen LogP contribution in [0.15, 0.2) is 30.5 Å². The molecule has 0 unspecified atom stereocenters. The van der Waals surface area contributed by atoms with E-state index in [9.17, 15) is 9.18 Å².